The van der Waals surface area contributed by atoms with E-state index in [9.17, 15) is 22.0 Å². The average molecular weight is 470 g/mol. The van der Waals surface area contributed by atoms with E-state index in [1.807, 2.05) is 0 Å². The normalized spacial score (nSPS) is 21.2. The van der Waals surface area contributed by atoms with Crippen LogP contribution in [-0.4, -0.2) is 57.9 Å². The number of rotatable bonds is 3. The van der Waals surface area contributed by atoms with Gasteiger partial charge < -0.3 is 0 Å². The SMILES string of the molecule is CN1C([AsH2])=N[C@](C)(c2cc(NC(=O)c3ccc(F)cn3)ccc2F)CS1(=O)=O. The van der Waals surface area contributed by atoms with E-state index in [1.165, 1.54) is 32.2 Å². The Kier molecular flexibility index (Phi) is 5.29. The van der Waals surface area contributed by atoms with E-state index in [2.05, 4.69) is 15.3 Å². The Balaban J connectivity index is 1.96. The van der Waals surface area contributed by atoms with E-state index >= 15 is 0 Å². The van der Waals surface area contributed by atoms with Crippen LogP contribution in [0.2, 0.25) is 0 Å². The maximum atomic E-state index is 14.5. The fourth-order valence-corrected chi connectivity index (χ4v) is 5.87. The van der Waals surface area contributed by atoms with Gasteiger partial charge in [0, 0.05) is 0 Å². The minimum absolute atomic E-state index is 0.0167. The molecule has 0 bridgehead atoms. The number of amidine groups is 1. The fraction of sp³-hybridized carbons (Fsp3) is 0.235. The molecule has 1 aromatic carbocycles. The van der Waals surface area contributed by atoms with Crippen LogP contribution >= 0.6 is 0 Å². The zero-order valence-corrected chi connectivity index (χ0v) is 18.2. The standard InChI is InChI=1S/C17H17AsF2N4O3S/c1-17(9-28(26,27)24(2)16(18)23-17)12-7-11(4-5-13(12)20)22-15(25)14-6-3-10(19)8-21-14/h3-8H,9,18H2,1-2H3,(H,22,25)/t17-/m0/s1. The molecule has 0 saturated carbocycles. The van der Waals surface area contributed by atoms with Gasteiger partial charge in [0.05, 0.1) is 0 Å². The molecule has 0 aliphatic carbocycles. The van der Waals surface area contributed by atoms with E-state index in [0.717, 1.165) is 39.5 Å². The number of anilines is 1. The van der Waals surface area contributed by atoms with Crippen molar-refractivity contribution in [1.82, 2.24) is 9.29 Å². The van der Waals surface area contributed by atoms with E-state index in [0.29, 0.717) is 4.62 Å². The molecule has 1 unspecified atom stereocenters. The van der Waals surface area contributed by atoms with Crippen LogP contribution in [0.25, 0.3) is 0 Å². The Hall–Kier alpha value is -2.32. The van der Waals surface area contributed by atoms with Crippen molar-refractivity contribution in [3.63, 3.8) is 0 Å². The van der Waals surface area contributed by atoms with Crippen molar-refractivity contribution in [3.8, 4) is 0 Å². The third kappa shape index (κ3) is 3.93. The zero-order chi connectivity index (χ0) is 20.7. The van der Waals surface area contributed by atoms with Gasteiger partial charge in [0.25, 0.3) is 0 Å². The van der Waals surface area contributed by atoms with Crippen molar-refractivity contribution in [2.45, 2.75) is 12.5 Å². The van der Waals surface area contributed by atoms with Crippen LogP contribution in [0.1, 0.15) is 23.0 Å². The minimum atomic E-state index is -3.65. The van der Waals surface area contributed by atoms with Gasteiger partial charge in [-0.2, -0.15) is 0 Å². The molecule has 1 aliphatic heterocycles. The van der Waals surface area contributed by atoms with E-state index < -0.39 is 38.9 Å². The number of nitrogens with zero attached hydrogens (tertiary/aromatic N) is 3. The number of amides is 1. The molecule has 1 N–H and O–H groups in total. The number of hydrogen-bond acceptors (Lipinski definition) is 5. The molecule has 11 heteroatoms. The number of hydrogen-bond donors (Lipinski definition) is 1. The molecule has 0 saturated heterocycles. The quantitative estimate of drug-likeness (QED) is 0.681. The number of sulfonamides is 1. The molecule has 148 valence electrons. The van der Waals surface area contributed by atoms with Crippen LogP contribution in [0.4, 0.5) is 14.5 Å². The molecule has 0 fully saturated rings. The number of aliphatic imine (C=N–C) groups is 1. The molecule has 1 aliphatic rings. The third-order valence-corrected chi connectivity index (χ3v) is 7.75. The van der Waals surface area contributed by atoms with Gasteiger partial charge in [0.15, 0.2) is 0 Å². The van der Waals surface area contributed by atoms with Crippen LogP contribution in [0, 0.1) is 11.6 Å². The molecule has 28 heavy (non-hydrogen) atoms. The second kappa shape index (κ2) is 7.25. The zero-order valence-electron chi connectivity index (χ0n) is 15.0. The van der Waals surface area contributed by atoms with Crippen molar-refractivity contribution in [3.05, 3.63) is 59.4 Å². The number of pyridine rings is 1. The van der Waals surface area contributed by atoms with Crippen LogP contribution in [-0.2, 0) is 15.6 Å². The van der Waals surface area contributed by atoms with Crippen LogP contribution in [0.15, 0.2) is 41.5 Å². The number of benzene rings is 1. The molecule has 2 aromatic rings. The Morgan fingerprint density at radius 1 is 1.29 bits per heavy atom. The second-order valence-corrected chi connectivity index (χ2v) is 9.56. The first-order chi connectivity index (χ1) is 13.0. The maximum absolute atomic E-state index is 14.5. The van der Waals surface area contributed by atoms with Gasteiger partial charge in [-0.1, -0.05) is 0 Å². The van der Waals surface area contributed by atoms with Crippen LogP contribution < -0.4 is 5.32 Å². The van der Waals surface area contributed by atoms with Crippen molar-refractivity contribution in [1.29, 1.82) is 0 Å². The van der Waals surface area contributed by atoms with Gasteiger partial charge in [-0.3, -0.25) is 0 Å². The third-order valence-electron chi connectivity index (χ3n) is 4.33. The van der Waals surface area contributed by atoms with E-state index in [1.54, 1.807) is 0 Å². The Morgan fingerprint density at radius 2 is 2.00 bits per heavy atom. The summed E-state index contributed by atoms with van der Waals surface area (Å²) in [6, 6.07) is 6.14. The Labute approximate surface area is 169 Å². The number of carbonyl (C=O) groups is 1. The van der Waals surface area contributed by atoms with Gasteiger partial charge in [-0.15, -0.1) is 0 Å². The first kappa shape index (κ1) is 20.4. The number of aromatic nitrogens is 1. The molecule has 2 heterocycles. The summed E-state index contributed by atoms with van der Waals surface area (Å²) in [4.78, 5) is 20.3. The fourth-order valence-electron chi connectivity index (χ4n) is 2.81. The predicted molar refractivity (Wildman–Crippen MR) is 103 cm³/mol. The number of nitrogens with one attached hydrogen (secondary N) is 1. The van der Waals surface area contributed by atoms with Crippen LogP contribution in [0.3, 0.4) is 0 Å². The summed E-state index contributed by atoms with van der Waals surface area (Å²) < 4.78 is 53.6. The molecule has 7 nitrogen and oxygen atoms in total. The Morgan fingerprint density at radius 3 is 2.61 bits per heavy atom. The van der Waals surface area contributed by atoms with E-state index in [4.69, 9.17) is 0 Å². The van der Waals surface area contributed by atoms with Crippen LogP contribution in [0.5, 0.6) is 0 Å². The van der Waals surface area contributed by atoms with Crippen molar-refractivity contribution in [2.24, 2.45) is 4.99 Å². The summed E-state index contributed by atoms with van der Waals surface area (Å²) in [5.74, 6) is -2.23. The second-order valence-electron chi connectivity index (χ2n) is 6.48. The molecule has 1 amide bonds. The molecular formula is C17H17AsF2N4O3S. The topological polar surface area (TPSA) is 91.7 Å². The molecule has 3 rings (SSSR count). The van der Waals surface area contributed by atoms with Gasteiger partial charge in [-0.05, 0) is 0 Å². The molecule has 0 spiro atoms. The first-order valence-corrected chi connectivity index (χ1v) is 10.9. The average Bonchev–Trinajstić information content (AvgIpc) is 2.61. The van der Waals surface area contributed by atoms with Gasteiger partial charge in [0.2, 0.25) is 0 Å². The molecule has 2 atom stereocenters. The van der Waals surface area contributed by atoms with Crippen molar-refractivity contribution >= 4 is 43.1 Å². The number of halogens is 2. The van der Waals surface area contributed by atoms with Gasteiger partial charge >= 0.3 is 165 Å². The van der Waals surface area contributed by atoms with Gasteiger partial charge in [-0.25, -0.2) is 4.39 Å². The molecular weight excluding hydrogens is 453 g/mol. The summed E-state index contributed by atoms with van der Waals surface area (Å²) in [5.41, 5.74) is -1.07. The summed E-state index contributed by atoms with van der Waals surface area (Å²) in [7, 11) is -2.25. The summed E-state index contributed by atoms with van der Waals surface area (Å²) in [5, 5.41) is 2.55. The van der Waals surface area contributed by atoms with Gasteiger partial charge in [0.1, 0.15) is 0 Å². The van der Waals surface area contributed by atoms with E-state index in [-0.39, 0.29) is 16.9 Å². The summed E-state index contributed by atoms with van der Waals surface area (Å²) in [6.07, 6.45) is 0.911. The summed E-state index contributed by atoms with van der Waals surface area (Å²) in [6.45, 7) is 1.53. The first-order valence-electron chi connectivity index (χ1n) is 8.07. The summed E-state index contributed by atoms with van der Waals surface area (Å²) >= 11 is 1.01. The molecule has 0 radical (unpaired) electrons. The Bertz CT molecular complexity index is 1080. The number of carbonyl (C=O) groups excluding carboxylic acids is 1. The van der Waals surface area contributed by atoms with Crippen molar-refractivity contribution in [2.75, 3.05) is 18.1 Å². The van der Waals surface area contributed by atoms with Crippen molar-refractivity contribution < 1.29 is 22.0 Å². The monoisotopic (exact) mass is 470 g/mol. The predicted octanol–water partition coefficient (Wildman–Crippen LogP) is 1.09. The molecule has 1 aromatic heterocycles.